The summed E-state index contributed by atoms with van der Waals surface area (Å²) in [5, 5.41) is 6.73. The lowest BCUT2D eigenvalue weighted by atomic mass is 10.1. The summed E-state index contributed by atoms with van der Waals surface area (Å²) in [5.41, 5.74) is 2.31. The van der Waals surface area contributed by atoms with Crippen molar-refractivity contribution in [3.63, 3.8) is 0 Å². The highest BCUT2D eigenvalue weighted by molar-refractivity contribution is 14.0. The molecule has 7 heteroatoms. The molecule has 28 heavy (non-hydrogen) atoms. The zero-order valence-corrected chi connectivity index (χ0v) is 19.0. The number of nitrogens with zero attached hydrogens (tertiary/aromatic N) is 3. The van der Waals surface area contributed by atoms with E-state index in [0.717, 1.165) is 24.8 Å². The van der Waals surface area contributed by atoms with E-state index in [1.54, 1.807) is 13.2 Å². The third-order valence-corrected chi connectivity index (χ3v) is 4.99. The van der Waals surface area contributed by atoms with Crippen LogP contribution in [0.1, 0.15) is 44.1 Å². The number of hydrogen-bond donors (Lipinski definition) is 2. The Balaban J connectivity index is 0.00000280. The van der Waals surface area contributed by atoms with E-state index in [0.29, 0.717) is 12.6 Å². The number of hydrogen-bond acceptors (Lipinski definition) is 3. The fourth-order valence-electron chi connectivity index (χ4n) is 3.52. The van der Waals surface area contributed by atoms with Crippen LogP contribution in [-0.4, -0.2) is 41.8 Å². The van der Waals surface area contributed by atoms with Crippen molar-refractivity contribution in [2.24, 2.45) is 4.99 Å². The fraction of sp³-hybridized carbons (Fsp3) is 0.524. The Labute approximate surface area is 185 Å². The molecule has 0 spiro atoms. The van der Waals surface area contributed by atoms with Gasteiger partial charge < -0.3 is 19.9 Å². The van der Waals surface area contributed by atoms with Crippen LogP contribution in [-0.2, 0) is 11.3 Å². The van der Waals surface area contributed by atoms with Crippen LogP contribution in [0.4, 0.5) is 0 Å². The summed E-state index contributed by atoms with van der Waals surface area (Å²) >= 11 is 0. The number of ether oxygens (including phenoxy) is 1. The van der Waals surface area contributed by atoms with Gasteiger partial charge in [0.15, 0.2) is 5.96 Å². The maximum Gasteiger partial charge on any atom is 0.191 e. The maximum atomic E-state index is 6.03. The number of benzene rings is 1. The molecular weight excluding hydrogens is 465 g/mol. The molecule has 1 aliphatic rings. The van der Waals surface area contributed by atoms with Crippen molar-refractivity contribution in [1.29, 1.82) is 0 Å². The number of para-hydroxylation sites is 1. The van der Waals surface area contributed by atoms with Gasteiger partial charge in [-0.1, -0.05) is 43.9 Å². The van der Waals surface area contributed by atoms with Gasteiger partial charge in [-0.3, -0.25) is 4.99 Å². The Morgan fingerprint density at radius 3 is 2.68 bits per heavy atom. The average Bonchev–Trinajstić information content (AvgIpc) is 3.12. The summed E-state index contributed by atoms with van der Waals surface area (Å²) in [5.74, 6) is 0.792. The minimum Gasteiger partial charge on any atom is -0.376 e. The van der Waals surface area contributed by atoms with Crippen LogP contribution in [0.5, 0.6) is 0 Å². The molecular formula is C21H32IN5O. The Bertz CT molecular complexity index is 697. The number of nitrogens with one attached hydrogen (secondary N) is 2. The molecule has 0 radical (unpaired) electrons. The number of imidazole rings is 1. The van der Waals surface area contributed by atoms with Gasteiger partial charge in [0.05, 0.1) is 24.7 Å². The van der Waals surface area contributed by atoms with Crippen LogP contribution in [0.2, 0.25) is 0 Å². The second-order valence-corrected chi connectivity index (χ2v) is 6.94. The molecule has 1 aromatic heterocycles. The number of halogens is 1. The van der Waals surface area contributed by atoms with Crippen LogP contribution in [0.25, 0.3) is 5.69 Å². The van der Waals surface area contributed by atoms with Crippen molar-refractivity contribution in [2.45, 2.75) is 51.2 Å². The highest BCUT2D eigenvalue weighted by Gasteiger charge is 2.12. The molecule has 1 aromatic carbocycles. The van der Waals surface area contributed by atoms with Gasteiger partial charge in [-0.25, -0.2) is 4.98 Å². The zero-order chi connectivity index (χ0) is 18.7. The smallest absolute Gasteiger partial charge is 0.191 e. The lowest BCUT2D eigenvalue weighted by Gasteiger charge is -2.17. The zero-order valence-electron chi connectivity index (χ0n) is 16.6. The molecule has 2 N–H and O–H groups in total. The number of rotatable bonds is 7. The second kappa shape index (κ2) is 12.8. The first-order chi connectivity index (χ1) is 13.4. The molecule has 1 aliphatic carbocycles. The van der Waals surface area contributed by atoms with Crippen molar-refractivity contribution in [3.05, 3.63) is 48.5 Å². The predicted molar refractivity (Wildman–Crippen MR) is 125 cm³/mol. The van der Waals surface area contributed by atoms with Gasteiger partial charge in [0.25, 0.3) is 0 Å². The molecule has 1 saturated carbocycles. The van der Waals surface area contributed by atoms with Crippen LogP contribution >= 0.6 is 24.0 Å². The van der Waals surface area contributed by atoms with Gasteiger partial charge in [-0.15, -0.1) is 24.0 Å². The number of aromatic nitrogens is 2. The van der Waals surface area contributed by atoms with E-state index in [1.165, 1.54) is 44.1 Å². The van der Waals surface area contributed by atoms with Crippen LogP contribution in [0.3, 0.4) is 0 Å². The molecule has 154 valence electrons. The van der Waals surface area contributed by atoms with Crippen molar-refractivity contribution < 1.29 is 4.74 Å². The molecule has 0 atom stereocenters. The molecule has 3 rings (SSSR count). The lowest BCUT2D eigenvalue weighted by Crippen LogP contribution is -2.39. The van der Waals surface area contributed by atoms with E-state index in [1.807, 2.05) is 29.2 Å². The Kier molecular flexibility index (Phi) is 10.3. The SMILES string of the molecule is CN=C(NCCOC1CCCCCC1)NCc1ccccc1-n1ccnc1.I. The molecule has 6 nitrogen and oxygen atoms in total. The predicted octanol–water partition coefficient (Wildman–Crippen LogP) is 3.89. The third-order valence-electron chi connectivity index (χ3n) is 4.99. The van der Waals surface area contributed by atoms with Gasteiger partial charge in [0.1, 0.15) is 0 Å². The van der Waals surface area contributed by atoms with Gasteiger partial charge in [-0.05, 0) is 24.5 Å². The van der Waals surface area contributed by atoms with E-state index < -0.39 is 0 Å². The number of guanidine groups is 1. The van der Waals surface area contributed by atoms with E-state index in [4.69, 9.17) is 4.74 Å². The van der Waals surface area contributed by atoms with Gasteiger partial charge in [0.2, 0.25) is 0 Å². The fourth-order valence-corrected chi connectivity index (χ4v) is 3.52. The van der Waals surface area contributed by atoms with Gasteiger partial charge in [-0.2, -0.15) is 0 Å². The quantitative estimate of drug-likeness (QED) is 0.200. The standard InChI is InChI=1S/C21H31N5O.HI/c1-22-21(24-13-15-27-19-9-4-2-3-5-10-19)25-16-18-8-6-7-11-20(18)26-14-12-23-17-26;/h6-8,11-12,14,17,19H,2-5,9-10,13,15-16H2,1H3,(H2,22,24,25);1H. The summed E-state index contributed by atoms with van der Waals surface area (Å²) in [6, 6.07) is 8.30. The number of aliphatic imine (C=N–C) groups is 1. The largest absolute Gasteiger partial charge is 0.376 e. The van der Waals surface area contributed by atoms with Crippen molar-refractivity contribution in [2.75, 3.05) is 20.2 Å². The van der Waals surface area contributed by atoms with E-state index in [-0.39, 0.29) is 24.0 Å². The van der Waals surface area contributed by atoms with E-state index in [2.05, 4.69) is 32.7 Å². The highest BCUT2D eigenvalue weighted by atomic mass is 127. The normalized spacial score (nSPS) is 15.5. The minimum atomic E-state index is 0. The summed E-state index contributed by atoms with van der Waals surface area (Å²) in [6.45, 7) is 2.17. The topological polar surface area (TPSA) is 63.5 Å². The molecule has 1 fully saturated rings. The van der Waals surface area contributed by atoms with Crippen molar-refractivity contribution in [3.8, 4) is 5.69 Å². The Morgan fingerprint density at radius 2 is 1.96 bits per heavy atom. The van der Waals surface area contributed by atoms with E-state index in [9.17, 15) is 0 Å². The monoisotopic (exact) mass is 497 g/mol. The average molecular weight is 497 g/mol. The van der Waals surface area contributed by atoms with Gasteiger partial charge >= 0.3 is 0 Å². The second-order valence-electron chi connectivity index (χ2n) is 6.94. The molecule has 0 amide bonds. The molecule has 2 aromatic rings. The lowest BCUT2D eigenvalue weighted by molar-refractivity contribution is 0.0468. The first-order valence-electron chi connectivity index (χ1n) is 9.99. The molecule has 0 unspecified atom stereocenters. The first kappa shape index (κ1) is 22.7. The van der Waals surface area contributed by atoms with Crippen LogP contribution < -0.4 is 10.6 Å². The van der Waals surface area contributed by atoms with Gasteiger partial charge in [0, 0.05) is 32.5 Å². The highest BCUT2D eigenvalue weighted by Crippen LogP contribution is 2.19. The van der Waals surface area contributed by atoms with Crippen molar-refractivity contribution in [1.82, 2.24) is 20.2 Å². The Hall–Kier alpha value is -1.61. The molecule has 0 aliphatic heterocycles. The third kappa shape index (κ3) is 7.09. The summed E-state index contributed by atoms with van der Waals surface area (Å²) in [7, 11) is 1.79. The van der Waals surface area contributed by atoms with E-state index >= 15 is 0 Å². The summed E-state index contributed by atoms with van der Waals surface area (Å²) in [6.07, 6.45) is 13.7. The first-order valence-corrected chi connectivity index (χ1v) is 9.99. The molecule has 1 heterocycles. The van der Waals surface area contributed by atoms with Crippen LogP contribution in [0.15, 0.2) is 48.0 Å². The maximum absolute atomic E-state index is 6.03. The minimum absolute atomic E-state index is 0. The molecule has 0 bridgehead atoms. The Morgan fingerprint density at radius 1 is 1.18 bits per heavy atom. The van der Waals surface area contributed by atoms with Crippen LogP contribution in [0, 0.1) is 0 Å². The molecule has 0 saturated heterocycles. The summed E-state index contributed by atoms with van der Waals surface area (Å²) < 4.78 is 8.05. The summed E-state index contributed by atoms with van der Waals surface area (Å²) in [4.78, 5) is 8.45. The van der Waals surface area contributed by atoms with Crippen molar-refractivity contribution >= 4 is 29.9 Å².